The Kier molecular flexibility index (Phi) is 5.25. The maximum absolute atomic E-state index is 9.96. The van der Waals surface area contributed by atoms with Crippen molar-refractivity contribution in [1.82, 2.24) is 4.90 Å². The molecule has 4 heteroatoms. The van der Waals surface area contributed by atoms with Gasteiger partial charge in [0, 0.05) is 13.1 Å². The van der Waals surface area contributed by atoms with Gasteiger partial charge in [0.1, 0.15) is 5.75 Å². The molecule has 1 rings (SSSR count). The van der Waals surface area contributed by atoms with Crippen molar-refractivity contribution in [3.05, 3.63) is 29.8 Å². The maximum Gasteiger partial charge on any atom is 0.119 e. The fourth-order valence-corrected chi connectivity index (χ4v) is 1.51. The smallest absolute Gasteiger partial charge is 0.119 e. The highest BCUT2D eigenvalue weighted by Gasteiger charge is 2.10. The van der Waals surface area contributed by atoms with Gasteiger partial charge in [-0.1, -0.05) is 12.1 Å². The van der Waals surface area contributed by atoms with Crippen LogP contribution in [0.2, 0.25) is 0 Å². The number of likely N-dealkylation sites (N-methyl/N-ethyl adjacent to an activating group) is 1. The van der Waals surface area contributed by atoms with E-state index in [9.17, 15) is 5.11 Å². The molecule has 0 fully saturated rings. The van der Waals surface area contributed by atoms with Gasteiger partial charge in [-0.25, -0.2) is 0 Å². The van der Waals surface area contributed by atoms with Crippen LogP contribution in [-0.4, -0.2) is 49.0 Å². The number of hydrogen-bond donors (Lipinski definition) is 2. The SMILES string of the molecule is COc1cccc(C(O)CN(C)CCO)c1. The number of hydrogen-bond acceptors (Lipinski definition) is 4. The molecule has 1 atom stereocenters. The fraction of sp³-hybridized carbons (Fsp3) is 0.500. The second-order valence-electron chi connectivity index (χ2n) is 3.78. The lowest BCUT2D eigenvalue weighted by Crippen LogP contribution is -2.27. The molecule has 1 unspecified atom stereocenters. The summed E-state index contributed by atoms with van der Waals surface area (Å²) in [5, 5.41) is 18.7. The molecular weight excluding hydrogens is 206 g/mol. The molecule has 0 aliphatic heterocycles. The van der Waals surface area contributed by atoms with Crippen LogP contribution in [0.1, 0.15) is 11.7 Å². The standard InChI is InChI=1S/C12H19NO3/c1-13(6-7-14)9-12(15)10-4-3-5-11(8-10)16-2/h3-5,8,12,14-15H,6-7,9H2,1-2H3. The number of aliphatic hydroxyl groups excluding tert-OH is 2. The normalized spacial score (nSPS) is 12.8. The van der Waals surface area contributed by atoms with E-state index in [2.05, 4.69) is 0 Å². The lowest BCUT2D eigenvalue weighted by Gasteiger charge is -2.20. The quantitative estimate of drug-likeness (QED) is 0.746. The number of methoxy groups -OCH3 is 1. The number of benzene rings is 1. The predicted octanol–water partition coefficient (Wildman–Crippen LogP) is 0.653. The van der Waals surface area contributed by atoms with Crippen molar-refractivity contribution < 1.29 is 14.9 Å². The van der Waals surface area contributed by atoms with E-state index in [4.69, 9.17) is 9.84 Å². The lowest BCUT2D eigenvalue weighted by atomic mass is 10.1. The number of aliphatic hydroxyl groups is 2. The van der Waals surface area contributed by atoms with Crippen LogP contribution in [0, 0.1) is 0 Å². The van der Waals surface area contributed by atoms with Crippen molar-refractivity contribution in [1.29, 1.82) is 0 Å². The molecule has 16 heavy (non-hydrogen) atoms. The average Bonchev–Trinajstić information content (AvgIpc) is 2.29. The van der Waals surface area contributed by atoms with Gasteiger partial charge < -0.3 is 19.8 Å². The van der Waals surface area contributed by atoms with Crippen LogP contribution in [0.4, 0.5) is 0 Å². The van der Waals surface area contributed by atoms with Gasteiger partial charge in [-0.05, 0) is 24.7 Å². The van der Waals surface area contributed by atoms with E-state index in [0.717, 1.165) is 11.3 Å². The molecule has 0 spiro atoms. The molecule has 2 N–H and O–H groups in total. The second kappa shape index (κ2) is 6.48. The summed E-state index contributed by atoms with van der Waals surface area (Å²) >= 11 is 0. The van der Waals surface area contributed by atoms with Gasteiger partial charge >= 0.3 is 0 Å². The first kappa shape index (κ1) is 13.0. The minimum atomic E-state index is -0.563. The molecule has 0 aliphatic carbocycles. The van der Waals surface area contributed by atoms with Crippen molar-refractivity contribution in [3.8, 4) is 5.75 Å². The zero-order valence-corrected chi connectivity index (χ0v) is 9.76. The van der Waals surface area contributed by atoms with Gasteiger partial charge in [-0.15, -0.1) is 0 Å². The zero-order chi connectivity index (χ0) is 12.0. The van der Waals surface area contributed by atoms with Gasteiger partial charge in [-0.3, -0.25) is 0 Å². The van der Waals surface area contributed by atoms with E-state index in [1.165, 1.54) is 0 Å². The Morgan fingerprint density at radius 2 is 2.19 bits per heavy atom. The molecule has 1 aromatic carbocycles. The largest absolute Gasteiger partial charge is 0.497 e. The van der Waals surface area contributed by atoms with Crippen molar-refractivity contribution in [2.24, 2.45) is 0 Å². The van der Waals surface area contributed by atoms with Crippen molar-refractivity contribution in [2.75, 3.05) is 33.9 Å². The summed E-state index contributed by atoms with van der Waals surface area (Å²) in [4.78, 5) is 1.88. The van der Waals surface area contributed by atoms with Crippen LogP contribution in [0.15, 0.2) is 24.3 Å². The summed E-state index contributed by atoms with van der Waals surface area (Å²) in [5.41, 5.74) is 0.823. The van der Waals surface area contributed by atoms with Crippen LogP contribution >= 0.6 is 0 Å². The molecular formula is C12H19NO3. The van der Waals surface area contributed by atoms with Crippen molar-refractivity contribution in [3.63, 3.8) is 0 Å². The van der Waals surface area contributed by atoms with Gasteiger partial charge in [0.25, 0.3) is 0 Å². The van der Waals surface area contributed by atoms with Crippen LogP contribution in [0.3, 0.4) is 0 Å². The molecule has 0 radical (unpaired) electrons. The molecule has 0 saturated carbocycles. The van der Waals surface area contributed by atoms with Crippen LogP contribution in [0.5, 0.6) is 5.75 Å². The van der Waals surface area contributed by atoms with Crippen LogP contribution < -0.4 is 4.74 Å². The molecule has 90 valence electrons. The molecule has 4 nitrogen and oxygen atoms in total. The first-order chi connectivity index (χ1) is 7.67. The Morgan fingerprint density at radius 1 is 1.44 bits per heavy atom. The Balaban J connectivity index is 2.61. The molecule has 1 aromatic rings. The summed E-state index contributed by atoms with van der Waals surface area (Å²) in [7, 11) is 3.46. The van der Waals surface area contributed by atoms with E-state index in [0.29, 0.717) is 13.1 Å². The maximum atomic E-state index is 9.96. The topological polar surface area (TPSA) is 52.9 Å². The predicted molar refractivity (Wildman–Crippen MR) is 62.5 cm³/mol. The molecule has 0 aromatic heterocycles. The molecule has 0 bridgehead atoms. The van der Waals surface area contributed by atoms with E-state index < -0.39 is 6.10 Å². The third-order valence-electron chi connectivity index (χ3n) is 2.44. The molecule has 0 saturated heterocycles. The van der Waals surface area contributed by atoms with E-state index >= 15 is 0 Å². The Hall–Kier alpha value is -1.10. The summed E-state index contributed by atoms with van der Waals surface area (Å²) < 4.78 is 5.09. The summed E-state index contributed by atoms with van der Waals surface area (Å²) in [6.07, 6.45) is -0.563. The zero-order valence-electron chi connectivity index (χ0n) is 9.76. The highest BCUT2D eigenvalue weighted by atomic mass is 16.5. The van der Waals surface area contributed by atoms with Gasteiger partial charge in [-0.2, -0.15) is 0 Å². The summed E-state index contributed by atoms with van der Waals surface area (Å²) in [5.74, 6) is 0.737. The van der Waals surface area contributed by atoms with E-state index in [1.807, 2.05) is 36.2 Å². The lowest BCUT2D eigenvalue weighted by molar-refractivity contribution is 0.115. The highest BCUT2D eigenvalue weighted by Crippen LogP contribution is 2.19. The average molecular weight is 225 g/mol. The van der Waals surface area contributed by atoms with Crippen molar-refractivity contribution >= 4 is 0 Å². The van der Waals surface area contributed by atoms with E-state index in [1.54, 1.807) is 7.11 Å². The summed E-state index contributed by atoms with van der Waals surface area (Å²) in [6, 6.07) is 7.37. The second-order valence-corrected chi connectivity index (χ2v) is 3.78. The van der Waals surface area contributed by atoms with Crippen LogP contribution in [-0.2, 0) is 0 Å². The first-order valence-corrected chi connectivity index (χ1v) is 5.28. The third kappa shape index (κ3) is 3.81. The van der Waals surface area contributed by atoms with Crippen molar-refractivity contribution in [2.45, 2.75) is 6.10 Å². The molecule has 0 heterocycles. The Bertz CT molecular complexity index is 317. The van der Waals surface area contributed by atoms with Crippen LogP contribution in [0.25, 0.3) is 0 Å². The highest BCUT2D eigenvalue weighted by molar-refractivity contribution is 5.29. The summed E-state index contributed by atoms with van der Waals surface area (Å²) in [6.45, 7) is 1.15. The van der Waals surface area contributed by atoms with E-state index in [-0.39, 0.29) is 6.61 Å². The number of rotatable bonds is 6. The first-order valence-electron chi connectivity index (χ1n) is 5.28. The third-order valence-corrected chi connectivity index (χ3v) is 2.44. The minimum Gasteiger partial charge on any atom is -0.497 e. The minimum absolute atomic E-state index is 0.0985. The Labute approximate surface area is 96.1 Å². The molecule has 0 aliphatic rings. The molecule has 0 amide bonds. The Morgan fingerprint density at radius 3 is 2.81 bits per heavy atom. The monoisotopic (exact) mass is 225 g/mol. The number of nitrogens with zero attached hydrogens (tertiary/aromatic N) is 1. The van der Waals surface area contributed by atoms with Gasteiger partial charge in [0.15, 0.2) is 0 Å². The number of ether oxygens (including phenoxy) is 1. The fourth-order valence-electron chi connectivity index (χ4n) is 1.51. The van der Waals surface area contributed by atoms with Gasteiger partial charge in [0.2, 0.25) is 0 Å². The van der Waals surface area contributed by atoms with Gasteiger partial charge in [0.05, 0.1) is 19.8 Å².